The minimum Gasteiger partial charge on any atom is -0.444 e. The van der Waals surface area contributed by atoms with E-state index in [2.05, 4.69) is 101 Å². The van der Waals surface area contributed by atoms with Gasteiger partial charge >= 0.3 is 0 Å². The minimum atomic E-state index is -0.509. The van der Waals surface area contributed by atoms with E-state index in [1.165, 1.54) is 18.5 Å². The molecule has 0 saturated carbocycles. The first-order valence-electron chi connectivity index (χ1n) is 23.4. The van der Waals surface area contributed by atoms with Crippen LogP contribution >= 0.6 is 57.8 Å². The number of pyridine rings is 2. The number of nitrogen functional groups attached to an aromatic ring is 1. The molecule has 0 spiro atoms. The molecule has 6 aromatic rings. The van der Waals surface area contributed by atoms with Crippen LogP contribution in [0.3, 0.4) is 0 Å². The number of thioether (sulfide) groups is 2. The van der Waals surface area contributed by atoms with Gasteiger partial charge in [-0.15, -0.1) is 23.5 Å². The fourth-order valence-electron chi connectivity index (χ4n) is 7.05. The Morgan fingerprint density at radius 3 is 1.55 bits per heavy atom. The highest BCUT2D eigenvalue weighted by Gasteiger charge is 2.28. The maximum Gasteiger partial charge on any atom is 0.272 e. The molecule has 0 unspecified atom stereocenters. The second kappa shape index (κ2) is 26.2. The summed E-state index contributed by atoms with van der Waals surface area (Å²) in [6.07, 6.45) is 16.3. The fraction of sp³-hybridized carbons (Fsp3) is 0.400. The van der Waals surface area contributed by atoms with Crippen molar-refractivity contribution in [3.8, 4) is 0 Å². The number of carbonyl (C=O) groups excluding carboxylic acids is 4. The summed E-state index contributed by atoms with van der Waals surface area (Å²) in [5.74, 6) is 4.00. The van der Waals surface area contributed by atoms with E-state index in [9.17, 15) is 19.2 Å². The third-order valence-electron chi connectivity index (χ3n) is 10.9. The van der Waals surface area contributed by atoms with Gasteiger partial charge in [0.2, 0.25) is 22.9 Å². The molecule has 18 nitrogen and oxygen atoms in total. The maximum absolute atomic E-state index is 13.0. The highest BCUT2D eigenvalue weighted by atomic mass is 35.5. The number of rotatable bonds is 15. The quantitative estimate of drug-likeness (QED) is 0.0425. The monoisotopic (exact) mass is 1090 g/mol. The zero-order valence-corrected chi connectivity index (χ0v) is 45.7. The van der Waals surface area contributed by atoms with Crippen molar-refractivity contribution in [2.75, 3.05) is 47.9 Å². The number of piperidine rings is 2. The Morgan fingerprint density at radius 2 is 1.16 bits per heavy atom. The topological polar surface area (TPSA) is 240 Å². The van der Waals surface area contributed by atoms with Crippen molar-refractivity contribution in [2.24, 2.45) is 0 Å². The van der Waals surface area contributed by atoms with Crippen LogP contribution in [0.25, 0.3) is 0 Å². The van der Waals surface area contributed by atoms with E-state index in [0.717, 1.165) is 74.4 Å². The number of amides is 3. The molecule has 8 heterocycles. The SMILES string of the molecule is C=CC(=O)Cl.C=CC(=O)Nc1ccc(C(=O)N2CCC[C@@H](Nc3ncc(SCc4ncc(C(C)(C)C)o4)s3)C2)nc1.CC(C)(C)c1cnc(CSc2cnc(N[C@@H]3CCCN(C(=O)c4ccc(N)cn4)C3)s2)o1. The molecule has 2 saturated heterocycles. The van der Waals surface area contributed by atoms with E-state index >= 15 is 0 Å². The summed E-state index contributed by atoms with van der Waals surface area (Å²) in [6.45, 7) is 21.7. The van der Waals surface area contributed by atoms with Crippen molar-refractivity contribution >= 4 is 102 Å². The van der Waals surface area contributed by atoms with Gasteiger partial charge in [0.25, 0.3) is 11.8 Å². The van der Waals surface area contributed by atoms with E-state index in [4.69, 9.17) is 26.2 Å². The summed E-state index contributed by atoms with van der Waals surface area (Å²) in [6, 6.07) is 6.94. The number of nitrogens with two attached hydrogens (primary N) is 1. The van der Waals surface area contributed by atoms with Crippen LogP contribution in [-0.2, 0) is 31.9 Å². The summed E-state index contributed by atoms with van der Waals surface area (Å²) in [7, 11) is 0. The molecule has 2 atom stereocenters. The molecular weight excluding hydrogens is 1030 g/mol. The molecular formula is C50H61ClN12O6S4. The molecule has 388 valence electrons. The average molecular weight is 1090 g/mol. The van der Waals surface area contributed by atoms with Crippen LogP contribution in [0, 0.1) is 0 Å². The number of halogens is 1. The number of hydrogen-bond acceptors (Lipinski definition) is 19. The number of allylic oxidation sites excluding steroid dienone is 1. The van der Waals surface area contributed by atoms with Gasteiger partial charge in [-0.2, -0.15) is 0 Å². The molecule has 2 aliphatic heterocycles. The van der Waals surface area contributed by atoms with Crippen LogP contribution in [0.1, 0.15) is 112 Å². The summed E-state index contributed by atoms with van der Waals surface area (Å²) in [5, 5.41) is 10.8. The minimum absolute atomic E-state index is 0.0450. The smallest absolute Gasteiger partial charge is 0.272 e. The first kappa shape index (κ1) is 56.2. The maximum atomic E-state index is 13.0. The number of hydrogen-bond donors (Lipinski definition) is 4. The second-order valence-corrected chi connectivity index (χ2v) is 23.8. The molecule has 5 N–H and O–H groups in total. The van der Waals surface area contributed by atoms with Crippen LogP contribution in [-0.4, -0.2) is 101 Å². The van der Waals surface area contributed by atoms with Crippen molar-refractivity contribution in [1.82, 2.24) is 39.7 Å². The molecule has 0 aromatic carbocycles. The van der Waals surface area contributed by atoms with Gasteiger partial charge in [-0.1, -0.05) is 77.4 Å². The highest BCUT2D eigenvalue weighted by molar-refractivity contribution is 8.00. The number of nitrogens with one attached hydrogen (secondary N) is 3. The molecule has 0 radical (unpaired) electrons. The lowest BCUT2D eigenvalue weighted by Crippen LogP contribution is -2.45. The zero-order valence-electron chi connectivity index (χ0n) is 41.7. The first-order valence-corrected chi connectivity index (χ1v) is 27.4. The molecule has 2 fully saturated rings. The Bertz CT molecular complexity index is 2800. The molecule has 23 heteroatoms. The number of thiazole rings is 2. The predicted octanol–water partition coefficient (Wildman–Crippen LogP) is 10.3. The lowest BCUT2D eigenvalue weighted by molar-refractivity contribution is -0.112. The predicted molar refractivity (Wildman–Crippen MR) is 292 cm³/mol. The van der Waals surface area contributed by atoms with Gasteiger partial charge in [0.15, 0.2) is 10.3 Å². The van der Waals surface area contributed by atoms with Gasteiger partial charge in [0, 0.05) is 49.1 Å². The fourth-order valence-corrected chi connectivity index (χ4v) is 10.7. The molecule has 0 bridgehead atoms. The van der Waals surface area contributed by atoms with Crippen molar-refractivity contribution in [2.45, 2.75) is 110 Å². The zero-order chi connectivity index (χ0) is 52.7. The van der Waals surface area contributed by atoms with Crippen LogP contribution in [0.15, 0.2) is 104 Å². The highest BCUT2D eigenvalue weighted by Crippen LogP contribution is 2.34. The average Bonchev–Trinajstić information content (AvgIpc) is 4.22. The number of aromatic nitrogens is 6. The summed E-state index contributed by atoms with van der Waals surface area (Å²) in [4.78, 5) is 76.5. The first-order chi connectivity index (χ1) is 34.8. The van der Waals surface area contributed by atoms with Gasteiger partial charge in [-0.25, -0.2) is 29.9 Å². The molecule has 2 aliphatic rings. The van der Waals surface area contributed by atoms with Crippen molar-refractivity contribution < 1.29 is 28.0 Å². The van der Waals surface area contributed by atoms with Gasteiger partial charge < -0.3 is 40.3 Å². The van der Waals surface area contributed by atoms with Crippen LogP contribution in [0.2, 0.25) is 0 Å². The van der Waals surface area contributed by atoms with Crippen molar-refractivity contribution in [3.63, 3.8) is 0 Å². The van der Waals surface area contributed by atoms with Crippen LogP contribution in [0.5, 0.6) is 0 Å². The summed E-state index contributed by atoms with van der Waals surface area (Å²) >= 11 is 11.2. The number of likely N-dealkylation sites (tertiary alicyclic amines) is 2. The molecule has 6 aromatic heterocycles. The van der Waals surface area contributed by atoms with Crippen LogP contribution < -0.4 is 21.7 Å². The lowest BCUT2D eigenvalue weighted by atomic mass is 9.94. The molecule has 3 amide bonds. The van der Waals surface area contributed by atoms with E-state index in [0.29, 0.717) is 59.8 Å². The van der Waals surface area contributed by atoms with Crippen LogP contribution in [0.4, 0.5) is 21.6 Å². The Kier molecular flexibility index (Phi) is 20.2. The number of oxazole rings is 2. The summed E-state index contributed by atoms with van der Waals surface area (Å²) < 4.78 is 13.9. The van der Waals surface area contributed by atoms with E-state index < -0.39 is 5.24 Å². The third kappa shape index (κ3) is 17.5. The van der Waals surface area contributed by atoms with Gasteiger partial charge in [0.05, 0.1) is 68.5 Å². The molecule has 73 heavy (non-hydrogen) atoms. The molecule has 8 rings (SSSR count). The van der Waals surface area contributed by atoms with E-state index in [1.807, 2.05) is 28.4 Å². The van der Waals surface area contributed by atoms with Crippen molar-refractivity contribution in [1.29, 1.82) is 0 Å². The van der Waals surface area contributed by atoms with Gasteiger partial charge in [-0.05, 0) is 73.7 Å². The van der Waals surface area contributed by atoms with E-state index in [1.54, 1.807) is 76.7 Å². The van der Waals surface area contributed by atoms with Crippen molar-refractivity contribution in [3.05, 3.63) is 121 Å². The number of carbonyl (C=O) groups is 4. The summed E-state index contributed by atoms with van der Waals surface area (Å²) in [5.41, 5.74) is 7.41. The second-order valence-electron chi connectivity index (χ2n) is 18.9. The largest absolute Gasteiger partial charge is 0.444 e. The number of anilines is 4. The van der Waals surface area contributed by atoms with Gasteiger partial charge in [0.1, 0.15) is 22.9 Å². The normalized spacial score (nSPS) is 15.7. The Balaban J connectivity index is 0.000000219. The third-order valence-corrected chi connectivity index (χ3v) is 15.3. The standard InChI is InChI=1S/C25H30N6O3S2.C22H28N6O2S2.C3H3ClO/c1-5-20(32)29-16-8-9-18(26-11-16)23(33)31-10-6-7-17(14-31)30-24-28-13-22(36-24)35-15-21-27-12-19(34-21)25(2,3)4;1-22(2,3)17-10-25-18(30-17)13-31-19-11-26-21(32-19)27-15-5-4-8-28(12-15)20(29)16-7-6-14(23)9-24-16;1-2-3(4)5/h5,8-9,11-13,17H,1,6-7,10,14-15H2,2-4H3,(H,28,30)(H,29,32);6-7,9-11,15H,4-5,8,12-13,23H2,1-3H3,(H,26,27);2H,1H2/t17-;15-;/m11./s1. The Labute approximate surface area is 446 Å². The molecule has 0 aliphatic carbocycles. The number of nitrogens with zero attached hydrogens (tertiary/aromatic N) is 8. The Hall–Kier alpha value is -6.07. The van der Waals surface area contributed by atoms with Gasteiger partial charge in [-0.3, -0.25) is 19.2 Å². The lowest BCUT2D eigenvalue weighted by Gasteiger charge is -2.33. The van der Waals surface area contributed by atoms with E-state index in [-0.39, 0.29) is 40.6 Å². The Morgan fingerprint density at radius 1 is 0.699 bits per heavy atom.